The Morgan fingerprint density at radius 3 is 2.66 bits per heavy atom. The molecule has 0 aromatic heterocycles. The predicted octanol–water partition coefficient (Wildman–Crippen LogP) is 6.03. The third-order valence-electron chi connectivity index (χ3n) is 5.88. The Kier molecular flexibility index (Phi) is 4.52. The molecule has 0 radical (unpaired) electrons. The van der Waals surface area contributed by atoms with Crippen molar-refractivity contribution in [1.29, 1.82) is 0 Å². The topological polar surface area (TPSA) is 53.9 Å². The van der Waals surface area contributed by atoms with Crippen LogP contribution in [0, 0.1) is 0 Å². The summed E-state index contributed by atoms with van der Waals surface area (Å²) in [5.41, 5.74) is 3.88. The van der Waals surface area contributed by atoms with Crippen LogP contribution < -0.4 is 10.1 Å². The largest absolute Gasteiger partial charge is 0.444 e. The summed E-state index contributed by atoms with van der Waals surface area (Å²) in [5, 5.41) is 10.4. The number of fused-ring (bicyclic) bond motifs is 4. The van der Waals surface area contributed by atoms with E-state index in [0.29, 0.717) is 16.3 Å². The monoisotopic (exact) mass is 459 g/mol. The lowest BCUT2D eigenvalue weighted by molar-refractivity contribution is -0.0949. The Morgan fingerprint density at radius 2 is 1.81 bits per heavy atom. The summed E-state index contributed by atoms with van der Waals surface area (Å²) in [5.74, 6) is -0.484. The van der Waals surface area contributed by atoms with E-state index in [2.05, 4.69) is 23.5 Å². The molecule has 0 aliphatic carbocycles. The van der Waals surface area contributed by atoms with Gasteiger partial charge in [0.1, 0.15) is 5.75 Å². The van der Waals surface area contributed by atoms with Crippen molar-refractivity contribution in [1.82, 2.24) is 10.3 Å². The van der Waals surface area contributed by atoms with Gasteiger partial charge in [0.25, 0.3) is 5.24 Å². The zero-order chi connectivity index (χ0) is 21.7. The molecule has 0 saturated carbocycles. The van der Waals surface area contributed by atoms with Crippen molar-refractivity contribution in [3.8, 4) is 5.75 Å². The zero-order valence-corrected chi connectivity index (χ0v) is 18.4. The molecule has 2 atom stereocenters. The van der Waals surface area contributed by atoms with E-state index in [9.17, 15) is 4.79 Å². The van der Waals surface area contributed by atoms with E-state index < -0.39 is 5.85 Å². The standard InChI is InChI=1S/C25H18ClN3O2S/c26-19-12-6-4-10-17(19)14-23-25(27-24(30)32-23)29-21(18-11-5-7-13-22(18)31-25)15-20(28-29)16-8-2-1-3-9-16/h1-14,21H,15H2,(H,27,30)/b23-14-/t21-,25-/m0/s1. The van der Waals surface area contributed by atoms with Crippen molar-refractivity contribution < 1.29 is 9.53 Å². The number of hydrazone groups is 1. The van der Waals surface area contributed by atoms with Crippen LogP contribution >= 0.6 is 23.4 Å². The van der Waals surface area contributed by atoms with Gasteiger partial charge >= 0.3 is 5.85 Å². The number of nitrogens with zero attached hydrogens (tertiary/aromatic N) is 2. The maximum absolute atomic E-state index is 12.7. The fourth-order valence-corrected chi connectivity index (χ4v) is 5.49. The van der Waals surface area contributed by atoms with E-state index >= 15 is 0 Å². The molecule has 32 heavy (non-hydrogen) atoms. The molecule has 3 aliphatic heterocycles. The molecule has 1 spiro atoms. The van der Waals surface area contributed by atoms with Gasteiger partial charge in [-0.05, 0) is 41.1 Å². The second-order valence-corrected chi connectivity index (χ2v) is 9.23. The summed E-state index contributed by atoms with van der Waals surface area (Å²) >= 11 is 7.53. The number of hydrogen-bond acceptors (Lipinski definition) is 5. The van der Waals surface area contributed by atoms with Crippen LogP contribution in [-0.2, 0) is 0 Å². The number of nitrogens with one attached hydrogen (secondary N) is 1. The van der Waals surface area contributed by atoms with E-state index in [4.69, 9.17) is 21.4 Å². The van der Waals surface area contributed by atoms with Crippen molar-refractivity contribution >= 4 is 40.4 Å². The number of para-hydroxylation sites is 1. The first-order valence-electron chi connectivity index (χ1n) is 10.3. The van der Waals surface area contributed by atoms with Gasteiger partial charge < -0.3 is 4.74 Å². The van der Waals surface area contributed by atoms with E-state index in [1.54, 1.807) is 0 Å². The molecule has 0 bridgehead atoms. The van der Waals surface area contributed by atoms with Crippen LogP contribution in [0.15, 0.2) is 88.9 Å². The molecular weight excluding hydrogens is 442 g/mol. The lowest BCUT2D eigenvalue weighted by Gasteiger charge is -2.45. The number of amides is 1. The Hall–Kier alpha value is -3.22. The summed E-state index contributed by atoms with van der Waals surface area (Å²) in [6.45, 7) is 0. The Morgan fingerprint density at radius 1 is 1.06 bits per heavy atom. The van der Waals surface area contributed by atoms with Crippen LogP contribution in [-0.4, -0.2) is 21.8 Å². The minimum atomic E-state index is -1.23. The van der Waals surface area contributed by atoms with Crippen molar-refractivity contribution in [3.63, 3.8) is 0 Å². The normalized spacial score (nSPS) is 24.7. The lowest BCUT2D eigenvalue weighted by Crippen LogP contribution is -2.61. The molecule has 1 amide bonds. The van der Waals surface area contributed by atoms with Crippen LogP contribution in [0.25, 0.3) is 6.08 Å². The van der Waals surface area contributed by atoms with Gasteiger partial charge in [-0.1, -0.05) is 78.3 Å². The number of carbonyl (C=O) groups excluding carboxylic acids is 1. The van der Waals surface area contributed by atoms with E-state index in [0.717, 1.165) is 39.9 Å². The van der Waals surface area contributed by atoms with E-state index in [1.807, 2.05) is 71.7 Å². The number of halogens is 1. The second-order valence-electron chi connectivity index (χ2n) is 7.81. The minimum absolute atomic E-state index is 0.0659. The molecule has 1 saturated heterocycles. The van der Waals surface area contributed by atoms with Crippen molar-refractivity contribution in [3.05, 3.63) is 105 Å². The SMILES string of the molecule is O=C1N[C@@]2(Oc3ccccc3[C@@H]3CC(c4ccccc4)=NN32)/C(=C/c2ccccc2Cl)S1. The first-order chi connectivity index (χ1) is 15.6. The molecule has 5 nitrogen and oxygen atoms in total. The van der Waals surface area contributed by atoms with Gasteiger partial charge in [-0.2, -0.15) is 5.10 Å². The average Bonchev–Trinajstić information content (AvgIpc) is 3.39. The number of hydrogen-bond donors (Lipinski definition) is 1. The molecular formula is C25H18ClN3O2S. The third-order valence-corrected chi connectivity index (χ3v) is 7.12. The van der Waals surface area contributed by atoms with Crippen molar-refractivity contribution in [2.24, 2.45) is 5.10 Å². The molecule has 3 aromatic rings. The second kappa shape index (κ2) is 7.43. The van der Waals surface area contributed by atoms with Crippen LogP contribution in [0.2, 0.25) is 5.02 Å². The molecule has 1 N–H and O–H groups in total. The number of rotatable bonds is 2. The minimum Gasteiger partial charge on any atom is -0.444 e. The number of thioether (sulfide) groups is 1. The third kappa shape index (κ3) is 3.02. The predicted molar refractivity (Wildman–Crippen MR) is 128 cm³/mol. The highest BCUT2D eigenvalue weighted by Crippen LogP contribution is 2.52. The summed E-state index contributed by atoms with van der Waals surface area (Å²) in [6, 6.07) is 25.5. The maximum Gasteiger partial charge on any atom is 0.314 e. The maximum atomic E-state index is 12.7. The fourth-order valence-electron chi connectivity index (χ4n) is 4.40. The van der Waals surface area contributed by atoms with Gasteiger partial charge in [-0.3, -0.25) is 10.1 Å². The first-order valence-corrected chi connectivity index (χ1v) is 11.5. The number of carbonyl (C=O) groups is 1. The molecule has 6 rings (SSSR count). The molecule has 0 unspecified atom stereocenters. The van der Waals surface area contributed by atoms with E-state index in [1.165, 1.54) is 0 Å². The lowest BCUT2D eigenvalue weighted by atomic mass is 9.95. The van der Waals surface area contributed by atoms with Crippen LogP contribution in [0.1, 0.15) is 29.2 Å². The van der Waals surface area contributed by atoms with E-state index in [-0.39, 0.29) is 11.3 Å². The highest BCUT2D eigenvalue weighted by Gasteiger charge is 2.58. The highest BCUT2D eigenvalue weighted by molar-refractivity contribution is 8.17. The van der Waals surface area contributed by atoms with Gasteiger partial charge in [-0.25, -0.2) is 5.01 Å². The van der Waals surface area contributed by atoms with Gasteiger partial charge in [0.15, 0.2) is 0 Å². The Bertz CT molecular complexity index is 1290. The number of benzene rings is 3. The molecule has 3 aliphatic rings. The molecule has 158 valence electrons. The Balaban J connectivity index is 1.53. The van der Waals surface area contributed by atoms with Crippen LogP contribution in [0.4, 0.5) is 4.79 Å². The molecule has 7 heteroatoms. The first kappa shape index (κ1) is 19.5. The van der Waals surface area contributed by atoms with Crippen molar-refractivity contribution in [2.45, 2.75) is 18.3 Å². The molecule has 3 heterocycles. The van der Waals surface area contributed by atoms with Crippen LogP contribution in [0.5, 0.6) is 5.75 Å². The summed E-state index contributed by atoms with van der Waals surface area (Å²) in [6.07, 6.45) is 2.62. The van der Waals surface area contributed by atoms with Crippen LogP contribution in [0.3, 0.4) is 0 Å². The van der Waals surface area contributed by atoms with Gasteiger partial charge in [0.2, 0.25) is 0 Å². The molecule has 1 fully saturated rings. The fraction of sp³-hybridized carbons (Fsp3) is 0.120. The highest BCUT2D eigenvalue weighted by atomic mass is 35.5. The summed E-state index contributed by atoms with van der Waals surface area (Å²) in [7, 11) is 0. The summed E-state index contributed by atoms with van der Waals surface area (Å²) in [4.78, 5) is 13.4. The van der Waals surface area contributed by atoms with Gasteiger partial charge in [0.05, 0.1) is 16.7 Å². The smallest absolute Gasteiger partial charge is 0.314 e. The van der Waals surface area contributed by atoms with Gasteiger partial charge in [0, 0.05) is 17.0 Å². The quantitative estimate of drug-likeness (QED) is 0.508. The molecule has 3 aromatic carbocycles. The number of ether oxygens (including phenoxy) is 1. The Labute approximate surface area is 194 Å². The zero-order valence-electron chi connectivity index (χ0n) is 16.9. The van der Waals surface area contributed by atoms with Gasteiger partial charge in [-0.15, -0.1) is 0 Å². The average molecular weight is 460 g/mol. The summed E-state index contributed by atoms with van der Waals surface area (Å²) < 4.78 is 6.53. The van der Waals surface area contributed by atoms with Crippen molar-refractivity contribution in [2.75, 3.05) is 0 Å².